The van der Waals surface area contributed by atoms with Crippen molar-refractivity contribution in [2.24, 2.45) is 0 Å². The van der Waals surface area contributed by atoms with Crippen molar-refractivity contribution in [3.05, 3.63) is 29.8 Å². The highest BCUT2D eigenvalue weighted by atomic mass is 16.5. The van der Waals surface area contributed by atoms with Gasteiger partial charge in [-0.1, -0.05) is 0 Å². The van der Waals surface area contributed by atoms with Crippen LogP contribution in [0.25, 0.3) is 0 Å². The molecule has 98 valence electrons. The zero-order valence-electron chi connectivity index (χ0n) is 10.9. The fourth-order valence-electron chi connectivity index (χ4n) is 1.44. The molecule has 0 aliphatic heterocycles. The maximum absolute atomic E-state index is 8.65. The minimum absolute atomic E-state index is 0.116. The van der Waals surface area contributed by atoms with Crippen molar-refractivity contribution < 1.29 is 14.2 Å². The van der Waals surface area contributed by atoms with Gasteiger partial charge in [-0.3, -0.25) is 0 Å². The monoisotopic (exact) mass is 249 g/mol. The lowest BCUT2D eigenvalue weighted by molar-refractivity contribution is 0.00509. The van der Waals surface area contributed by atoms with Gasteiger partial charge in [0.05, 0.1) is 37.6 Å². The maximum Gasteiger partial charge on any atom is 0.119 e. The van der Waals surface area contributed by atoms with E-state index in [9.17, 15) is 0 Å². The second-order valence-corrected chi connectivity index (χ2v) is 3.97. The summed E-state index contributed by atoms with van der Waals surface area (Å²) in [7, 11) is 1.66. The number of methoxy groups -OCH3 is 1. The molecule has 4 heteroatoms. The molecule has 0 aromatic heterocycles. The van der Waals surface area contributed by atoms with Crippen LogP contribution in [0.4, 0.5) is 0 Å². The van der Waals surface area contributed by atoms with Gasteiger partial charge in [-0.25, -0.2) is 0 Å². The highest BCUT2D eigenvalue weighted by Crippen LogP contribution is 2.11. The third kappa shape index (κ3) is 5.67. The molecular formula is C14H19NO3. The summed E-state index contributed by atoms with van der Waals surface area (Å²) in [6, 6.07) is 9.15. The van der Waals surface area contributed by atoms with Crippen LogP contribution in [0.3, 0.4) is 0 Å². The van der Waals surface area contributed by atoms with E-state index in [0.29, 0.717) is 25.4 Å². The van der Waals surface area contributed by atoms with Crippen LogP contribution >= 0.6 is 0 Å². The Hall–Kier alpha value is -1.57. The average Bonchev–Trinajstić information content (AvgIpc) is 2.39. The first-order chi connectivity index (χ1) is 8.76. The van der Waals surface area contributed by atoms with Crippen LogP contribution in [0.1, 0.15) is 18.9 Å². The first-order valence-electron chi connectivity index (χ1n) is 5.99. The SMILES string of the molecule is COCC(C)OCCCOc1ccc(C#N)cc1. The molecule has 1 atom stereocenters. The second-order valence-electron chi connectivity index (χ2n) is 3.97. The predicted octanol–water partition coefficient (Wildman–Crippen LogP) is 2.38. The number of nitriles is 1. The summed E-state index contributed by atoms with van der Waals surface area (Å²) in [4.78, 5) is 0. The lowest BCUT2D eigenvalue weighted by atomic mass is 10.2. The van der Waals surface area contributed by atoms with Crippen LogP contribution in [0.2, 0.25) is 0 Å². The van der Waals surface area contributed by atoms with Crippen molar-refractivity contribution in [2.75, 3.05) is 26.9 Å². The minimum Gasteiger partial charge on any atom is -0.494 e. The summed E-state index contributed by atoms with van der Waals surface area (Å²) in [6.45, 7) is 3.84. The quantitative estimate of drug-likeness (QED) is 0.664. The van der Waals surface area contributed by atoms with Crippen molar-refractivity contribution in [3.63, 3.8) is 0 Å². The van der Waals surface area contributed by atoms with E-state index < -0.39 is 0 Å². The standard InChI is InChI=1S/C14H19NO3/c1-12(11-16-2)17-8-3-9-18-14-6-4-13(10-15)5-7-14/h4-7,12H,3,8-9,11H2,1-2H3. The van der Waals surface area contributed by atoms with E-state index in [1.165, 1.54) is 0 Å². The van der Waals surface area contributed by atoms with Gasteiger partial charge in [-0.2, -0.15) is 5.26 Å². The zero-order chi connectivity index (χ0) is 13.2. The van der Waals surface area contributed by atoms with E-state index in [4.69, 9.17) is 19.5 Å². The van der Waals surface area contributed by atoms with Crippen LogP contribution in [0, 0.1) is 11.3 Å². The number of nitrogens with zero attached hydrogens (tertiary/aromatic N) is 1. The van der Waals surface area contributed by atoms with Crippen molar-refractivity contribution in [1.82, 2.24) is 0 Å². The number of rotatable bonds is 8. The fraction of sp³-hybridized carbons (Fsp3) is 0.500. The van der Waals surface area contributed by atoms with E-state index in [1.807, 2.05) is 6.92 Å². The molecule has 1 rings (SSSR count). The summed E-state index contributed by atoms with van der Waals surface area (Å²) < 4.78 is 16.0. The van der Waals surface area contributed by atoms with Crippen LogP contribution in [0.15, 0.2) is 24.3 Å². The van der Waals surface area contributed by atoms with Crippen molar-refractivity contribution >= 4 is 0 Å². The number of hydrogen-bond donors (Lipinski definition) is 0. The molecule has 0 amide bonds. The van der Waals surface area contributed by atoms with Gasteiger partial charge in [0.1, 0.15) is 5.75 Å². The number of ether oxygens (including phenoxy) is 3. The highest BCUT2D eigenvalue weighted by molar-refractivity contribution is 5.34. The van der Waals surface area contributed by atoms with Gasteiger partial charge in [0.15, 0.2) is 0 Å². The van der Waals surface area contributed by atoms with E-state index in [1.54, 1.807) is 31.4 Å². The molecule has 0 aliphatic carbocycles. The Morgan fingerprint density at radius 2 is 1.94 bits per heavy atom. The molecule has 0 aliphatic rings. The Labute approximate surface area is 108 Å². The summed E-state index contributed by atoms with van der Waals surface area (Å²) in [5, 5.41) is 8.65. The third-order valence-electron chi connectivity index (χ3n) is 2.34. The summed E-state index contributed by atoms with van der Waals surface area (Å²) in [5.74, 6) is 0.777. The molecule has 0 saturated carbocycles. The normalized spacial score (nSPS) is 11.8. The number of benzene rings is 1. The molecule has 1 aromatic rings. The Bertz CT molecular complexity index is 370. The molecule has 0 saturated heterocycles. The molecule has 18 heavy (non-hydrogen) atoms. The van der Waals surface area contributed by atoms with Gasteiger partial charge >= 0.3 is 0 Å². The summed E-state index contributed by atoms with van der Waals surface area (Å²) in [5.41, 5.74) is 0.638. The van der Waals surface area contributed by atoms with Crippen molar-refractivity contribution in [2.45, 2.75) is 19.4 Å². The molecule has 0 fully saturated rings. The Balaban J connectivity index is 2.12. The molecule has 1 unspecified atom stereocenters. The predicted molar refractivity (Wildman–Crippen MR) is 68.6 cm³/mol. The smallest absolute Gasteiger partial charge is 0.119 e. The molecule has 0 spiro atoms. The second kappa shape index (κ2) is 8.51. The highest BCUT2D eigenvalue weighted by Gasteiger charge is 2.00. The van der Waals surface area contributed by atoms with Crippen molar-refractivity contribution in [3.8, 4) is 11.8 Å². The lowest BCUT2D eigenvalue weighted by Gasteiger charge is -2.12. The van der Waals surface area contributed by atoms with Crippen LogP contribution < -0.4 is 4.74 Å². The topological polar surface area (TPSA) is 51.5 Å². The maximum atomic E-state index is 8.65. The van der Waals surface area contributed by atoms with E-state index >= 15 is 0 Å². The third-order valence-corrected chi connectivity index (χ3v) is 2.34. The first kappa shape index (κ1) is 14.5. The Morgan fingerprint density at radius 1 is 1.22 bits per heavy atom. The molecule has 0 N–H and O–H groups in total. The van der Waals surface area contributed by atoms with Gasteiger partial charge < -0.3 is 14.2 Å². The molecule has 0 bridgehead atoms. The Kier molecular flexibility index (Phi) is 6.85. The fourth-order valence-corrected chi connectivity index (χ4v) is 1.44. The largest absolute Gasteiger partial charge is 0.494 e. The lowest BCUT2D eigenvalue weighted by Crippen LogP contribution is -2.16. The molecule has 4 nitrogen and oxygen atoms in total. The number of hydrogen-bond acceptors (Lipinski definition) is 4. The van der Waals surface area contributed by atoms with Crippen molar-refractivity contribution in [1.29, 1.82) is 5.26 Å². The molecule has 0 radical (unpaired) electrons. The molecular weight excluding hydrogens is 230 g/mol. The van der Waals surface area contributed by atoms with Gasteiger partial charge in [0, 0.05) is 13.5 Å². The molecule has 1 aromatic carbocycles. The summed E-state index contributed by atoms with van der Waals surface area (Å²) in [6.07, 6.45) is 0.943. The molecule has 0 heterocycles. The van der Waals surface area contributed by atoms with Crippen LogP contribution in [0.5, 0.6) is 5.75 Å². The van der Waals surface area contributed by atoms with Gasteiger partial charge in [0.25, 0.3) is 0 Å². The average molecular weight is 249 g/mol. The minimum atomic E-state index is 0.116. The summed E-state index contributed by atoms with van der Waals surface area (Å²) >= 11 is 0. The van der Waals surface area contributed by atoms with E-state index in [-0.39, 0.29) is 6.10 Å². The van der Waals surface area contributed by atoms with Crippen LogP contribution in [-0.4, -0.2) is 33.0 Å². The first-order valence-corrected chi connectivity index (χ1v) is 5.99. The van der Waals surface area contributed by atoms with E-state index in [2.05, 4.69) is 6.07 Å². The Morgan fingerprint density at radius 3 is 2.56 bits per heavy atom. The van der Waals surface area contributed by atoms with Gasteiger partial charge in [-0.05, 0) is 31.2 Å². The van der Waals surface area contributed by atoms with Crippen LogP contribution in [-0.2, 0) is 9.47 Å². The zero-order valence-corrected chi connectivity index (χ0v) is 10.9. The van der Waals surface area contributed by atoms with Gasteiger partial charge in [-0.15, -0.1) is 0 Å². The van der Waals surface area contributed by atoms with E-state index in [0.717, 1.165) is 12.2 Å². The van der Waals surface area contributed by atoms with Gasteiger partial charge in [0.2, 0.25) is 0 Å².